The molecule has 2 aliphatic heterocycles. The van der Waals surface area contributed by atoms with Gasteiger partial charge >= 0.3 is 0 Å². The number of rotatable bonds is 3. The predicted octanol–water partition coefficient (Wildman–Crippen LogP) is 2.55. The Bertz CT molecular complexity index is 684. The van der Waals surface area contributed by atoms with Crippen molar-refractivity contribution in [3.05, 3.63) is 46.4 Å². The monoisotopic (exact) mass is 313 g/mol. The zero-order valence-corrected chi connectivity index (χ0v) is 13.4. The van der Waals surface area contributed by atoms with Crippen LogP contribution >= 0.6 is 11.3 Å². The molecule has 0 bridgehead atoms. The molecular weight excluding hydrogens is 294 g/mol. The van der Waals surface area contributed by atoms with E-state index in [-0.39, 0.29) is 11.8 Å². The van der Waals surface area contributed by atoms with Crippen molar-refractivity contribution >= 4 is 22.9 Å². The molecule has 0 unspecified atom stereocenters. The fraction of sp³-hybridized carbons (Fsp3) is 0.412. The van der Waals surface area contributed by atoms with E-state index in [2.05, 4.69) is 15.3 Å². The Morgan fingerprint density at radius 1 is 1.23 bits per heavy atom. The van der Waals surface area contributed by atoms with E-state index in [1.165, 1.54) is 0 Å². The number of fused-ring (bicyclic) bond motifs is 1. The van der Waals surface area contributed by atoms with E-state index in [0.717, 1.165) is 42.6 Å². The van der Waals surface area contributed by atoms with E-state index in [4.69, 9.17) is 0 Å². The second-order valence-corrected chi connectivity index (χ2v) is 7.27. The Kier molecular flexibility index (Phi) is 3.47. The lowest BCUT2D eigenvalue weighted by Gasteiger charge is -2.21. The van der Waals surface area contributed by atoms with Gasteiger partial charge < -0.3 is 4.90 Å². The van der Waals surface area contributed by atoms with E-state index in [1.807, 2.05) is 42.2 Å². The number of anilines is 1. The van der Waals surface area contributed by atoms with Crippen molar-refractivity contribution in [1.29, 1.82) is 0 Å². The van der Waals surface area contributed by atoms with Gasteiger partial charge in [-0.1, -0.05) is 18.2 Å². The number of carbonyl (C=O) groups excluding carboxylic acids is 1. The maximum Gasteiger partial charge on any atom is 0.231 e. The van der Waals surface area contributed by atoms with Crippen LogP contribution in [0, 0.1) is 18.8 Å². The first-order valence-electron chi connectivity index (χ1n) is 7.70. The summed E-state index contributed by atoms with van der Waals surface area (Å²) in [5.41, 5.74) is 2.17. The van der Waals surface area contributed by atoms with Crippen LogP contribution in [0.15, 0.2) is 35.7 Å². The predicted molar refractivity (Wildman–Crippen MR) is 87.9 cm³/mol. The number of para-hydroxylation sites is 1. The largest absolute Gasteiger partial charge is 0.312 e. The molecule has 2 fully saturated rings. The van der Waals surface area contributed by atoms with E-state index in [1.54, 1.807) is 11.3 Å². The van der Waals surface area contributed by atoms with Gasteiger partial charge in [0.1, 0.15) is 0 Å². The molecule has 1 amide bonds. The van der Waals surface area contributed by atoms with Crippen LogP contribution in [0.2, 0.25) is 0 Å². The molecule has 2 aliphatic rings. The number of hydrogen-bond acceptors (Lipinski definition) is 4. The van der Waals surface area contributed by atoms with E-state index < -0.39 is 0 Å². The fourth-order valence-electron chi connectivity index (χ4n) is 3.63. The molecule has 0 radical (unpaired) electrons. The molecule has 0 N–H and O–H groups in total. The molecule has 4 rings (SSSR count). The van der Waals surface area contributed by atoms with Gasteiger partial charge in [0, 0.05) is 43.2 Å². The summed E-state index contributed by atoms with van der Waals surface area (Å²) in [4.78, 5) is 21.5. The molecule has 22 heavy (non-hydrogen) atoms. The minimum absolute atomic E-state index is 0.153. The first-order chi connectivity index (χ1) is 10.7. The molecule has 5 heteroatoms. The molecule has 4 nitrogen and oxygen atoms in total. The Morgan fingerprint density at radius 3 is 2.73 bits per heavy atom. The average Bonchev–Trinajstić information content (AvgIpc) is 3.18. The maximum atomic E-state index is 12.7. The third-order valence-corrected chi connectivity index (χ3v) is 5.46. The summed E-state index contributed by atoms with van der Waals surface area (Å²) in [6.45, 7) is 5.62. The van der Waals surface area contributed by atoms with Gasteiger partial charge in [-0.2, -0.15) is 0 Å². The molecule has 1 aromatic carbocycles. The van der Waals surface area contributed by atoms with E-state index in [9.17, 15) is 4.79 Å². The van der Waals surface area contributed by atoms with Crippen molar-refractivity contribution in [3.8, 4) is 0 Å². The Hall–Kier alpha value is -1.72. The van der Waals surface area contributed by atoms with Gasteiger partial charge in [-0.25, -0.2) is 4.98 Å². The van der Waals surface area contributed by atoms with Gasteiger partial charge in [0.15, 0.2) is 0 Å². The molecule has 2 aromatic rings. The summed E-state index contributed by atoms with van der Waals surface area (Å²) in [6, 6.07) is 10.0. The van der Waals surface area contributed by atoms with Crippen LogP contribution in [0.4, 0.5) is 5.69 Å². The number of aromatic nitrogens is 1. The maximum absolute atomic E-state index is 12.7. The second kappa shape index (κ2) is 5.48. The summed E-state index contributed by atoms with van der Waals surface area (Å²) in [5.74, 6) is 0.889. The van der Waals surface area contributed by atoms with Gasteiger partial charge in [-0.15, -0.1) is 11.3 Å². The van der Waals surface area contributed by atoms with Crippen molar-refractivity contribution in [2.45, 2.75) is 13.5 Å². The average molecular weight is 313 g/mol. The highest BCUT2D eigenvalue weighted by atomic mass is 32.1. The quantitative estimate of drug-likeness (QED) is 0.874. The number of thiazole rings is 1. The van der Waals surface area contributed by atoms with Gasteiger partial charge in [0.2, 0.25) is 5.91 Å². The summed E-state index contributed by atoms with van der Waals surface area (Å²) in [6.07, 6.45) is 0. The van der Waals surface area contributed by atoms with Crippen molar-refractivity contribution in [2.24, 2.45) is 11.8 Å². The van der Waals surface area contributed by atoms with Crippen molar-refractivity contribution in [2.75, 3.05) is 24.5 Å². The Balaban J connectivity index is 1.44. The Morgan fingerprint density at radius 2 is 2.05 bits per heavy atom. The number of nitrogens with zero attached hydrogens (tertiary/aromatic N) is 3. The minimum atomic E-state index is 0.153. The molecule has 3 heterocycles. The van der Waals surface area contributed by atoms with Crippen LogP contribution in [-0.2, 0) is 11.3 Å². The lowest BCUT2D eigenvalue weighted by Crippen LogP contribution is -2.32. The standard InChI is InChI=1S/C17H19N3OS/c1-12-18-14(11-22-12)9-19-7-13-8-20(17(21)16(13)10-19)15-5-3-2-4-6-15/h2-6,11,13,16H,7-10H2,1H3/t13-,16-/m0/s1. The number of carbonyl (C=O) groups is 1. The van der Waals surface area contributed by atoms with E-state index in [0.29, 0.717) is 5.92 Å². The second-order valence-electron chi connectivity index (χ2n) is 6.20. The number of amides is 1. The molecule has 0 saturated carbocycles. The normalized spacial score (nSPS) is 25.0. The smallest absolute Gasteiger partial charge is 0.231 e. The summed E-state index contributed by atoms with van der Waals surface area (Å²) in [7, 11) is 0. The lowest BCUT2D eigenvalue weighted by atomic mass is 10.0. The summed E-state index contributed by atoms with van der Waals surface area (Å²) >= 11 is 1.69. The molecule has 114 valence electrons. The first kappa shape index (κ1) is 13.9. The third kappa shape index (κ3) is 2.44. The van der Waals surface area contributed by atoms with Gasteiger partial charge in [-0.3, -0.25) is 9.69 Å². The lowest BCUT2D eigenvalue weighted by molar-refractivity contribution is -0.120. The molecule has 0 spiro atoms. The zero-order chi connectivity index (χ0) is 15.1. The van der Waals surface area contributed by atoms with Crippen LogP contribution in [0.25, 0.3) is 0 Å². The molecule has 0 aliphatic carbocycles. The zero-order valence-electron chi connectivity index (χ0n) is 12.6. The van der Waals surface area contributed by atoms with Crippen LogP contribution in [0.1, 0.15) is 10.7 Å². The van der Waals surface area contributed by atoms with E-state index >= 15 is 0 Å². The van der Waals surface area contributed by atoms with Crippen LogP contribution in [0.3, 0.4) is 0 Å². The number of hydrogen-bond donors (Lipinski definition) is 0. The highest BCUT2D eigenvalue weighted by Crippen LogP contribution is 2.35. The SMILES string of the molecule is Cc1nc(CN2C[C@H]3CN(c4ccccc4)C(=O)[C@H]3C2)cs1. The van der Waals surface area contributed by atoms with Crippen molar-refractivity contribution < 1.29 is 4.79 Å². The highest BCUT2D eigenvalue weighted by molar-refractivity contribution is 7.09. The van der Waals surface area contributed by atoms with Crippen LogP contribution in [0.5, 0.6) is 0 Å². The van der Waals surface area contributed by atoms with Crippen molar-refractivity contribution in [3.63, 3.8) is 0 Å². The van der Waals surface area contributed by atoms with Crippen molar-refractivity contribution in [1.82, 2.24) is 9.88 Å². The fourth-order valence-corrected chi connectivity index (χ4v) is 4.23. The number of likely N-dealkylation sites (tertiary alicyclic amines) is 1. The topological polar surface area (TPSA) is 36.4 Å². The minimum Gasteiger partial charge on any atom is -0.312 e. The molecule has 1 aromatic heterocycles. The van der Waals surface area contributed by atoms with Crippen LogP contribution < -0.4 is 4.90 Å². The van der Waals surface area contributed by atoms with Crippen LogP contribution in [-0.4, -0.2) is 35.4 Å². The van der Waals surface area contributed by atoms with Gasteiger partial charge in [-0.05, 0) is 19.1 Å². The van der Waals surface area contributed by atoms with Gasteiger partial charge in [0.25, 0.3) is 0 Å². The molecular formula is C17H19N3OS. The highest BCUT2D eigenvalue weighted by Gasteiger charge is 2.46. The van der Waals surface area contributed by atoms with Gasteiger partial charge in [0.05, 0.1) is 16.6 Å². The Labute approximate surface area is 134 Å². The summed E-state index contributed by atoms with van der Waals surface area (Å²) in [5, 5.41) is 3.24. The third-order valence-electron chi connectivity index (χ3n) is 4.64. The first-order valence-corrected chi connectivity index (χ1v) is 8.58. The molecule has 2 saturated heterocycles. The number of aryl methyl sites for hydroxylation is 1. The molecule has 2 atom stereocenters. The summed E-state index contributed by atoms with van der Waals surface area (Å²) < 4.78 is 0. The number of benzene rings is 1.